The van der Waals surface area contributed by atoms with Crippen molar-refractivity contribution in [1.82, 2.24) is 24.7 Å². The zero-order valence-corrected chi connectivity index (χ0v) is 21.5. The summed E-state index contributed by atoms with van der Waals surface area (Å²) in [6.45, 7) is 3.57. The van der Waals surface area contributed by atoms with E-state index in [4.69, 9.17) is 11.6 Å². The fourth-order valence-electron chi connectivity index (χ4n) is 4.20. The molecule has 0 radical (unpaired) electrons. The van der Waals surface area contributed by atoms with E-state index in [-0.39, 0.29) is 37.1 Å². The van der Waals surface area contributed by atoms with Crippen LogP contribution in [0.25, 0.3) is 0 Å². The van der Waals surface area contributed by atoms with Gasteiger partial charge in [0.15, 0.2) is 5.69 Å². The third-order valence-corrected chi connectivity index (χ3v) is 8.85. The molecule has 35 heavy (non-hydrogen) atoms. The molecule has 1 aromatic heterocycles. The lowest BCUT2D eigenvalue weighted by Crippen LogP contribution is -2.50. The van der Waals surface area contributed by atoms with E-state index in [0.717, 1.165) is 5.56 Å². The smallest absolute Gasteiger partial charge is 0.272 e. The van der Waals surface area contributed by atoms with Crippen LogP contribution < -0.4 is 10.0 Å². The number of carbonyl (C=O) groups is 2. The molecule has 12 heteroatoms. The van der Waals surface area contributed by atoms with E-state index in [1.165, 1.54) is 23.4 Å². The van der Waals surface area contributed by atoms with Crippen LogP contribution in [0.15, 0.2) is 24.3 Å². The summed E-state index contributed by atoms with van der Waals surface area (Å²) < 4.78 is 28.7. The van der Waals surface area contributed by atoms with Gasteiger partial charge < -0.3 is 15.3 Å². The Labute approximate surface area is 209 Å². The average Bonchev–Trinajstić information content (AvgIpc) is 3.50. The molecule has 190 valence electrons. The van der Waals surface area contributed by atoms with Crippen molar-refractivity contribution in [2.75, 3.05) is 19.6 Å². The molecule has 1 fully saturated rings. The molecule has 0 atom stereocenters. The van der Waals surface area contributed by atoms with Gasteiger partial charge in [-0.15, -0.1) is 0 Å². The van der Waals surface area contributed by atoms with Gasteiger partial charge >= 0.3 is 0 Å². The summed E-state index contributed by atoms with van der Waals surface area (Å²) in [5.41, 5.74) is 0.757. The van der Waals surface area contributed by atoms with Crippen molar-refractivity contribution >= 4 is 33.4 Å². The van der Waals surface area contributed by atoms with Gasteiger partial charge in [0, 0.05) is 43.8 Å². The maximum atomic E-state index is 13.3. The number of nitrogens with one attached hydrogen (secondary N) is 2. The Morgan fingerprint density at radius 1 is 1.26 bits per heavy atom. The molecule has 0 unspecified atom stereocenters. The molecule has 2 aromatic rings. The van der Waals surface area contributed by atoms with E-state index in [1.54, 1.807) is 19.2 Å². The van der Waals surface area contributed by atoms with Crippen LogP contribution >= 0.6 is 11.6 Å². The van der Waals surface area contributed by atoms with E-state index in [0.29, 0.717) is 42.1 Å². The minimum atomic E-state index is -3.74. The minimum absolute atomic E-state index is 0.0513. The molecular weight excluding hydrogens is 494 g/mol. The third kappa shape index (κ3) is 5.37. The highest BCUT2D eigenvalue weighted by Gasteiger charge is 2.56. The van der Waals surface area contributed by atoms with Crippen LogP contribution in [0, 0.1) is 0 Å². The van der Waals surface area contributed by atoms with Gasteiger partial charge in [0.25, 0.3) is 11.8 Å². The summed E-state index contributed by atoms with van der Waals surface area (Å²) in [6.07, 6.45) is 1.27. The predicted octanol–water partition coefficient (Wildman–Crippen LogP) is 1.22. The first-order valence-electron chi connectivity index (χ1n) is 11.4. The molecule has 1 aliphatic carbocycles. The molecule has 0 saturated heterocycles. The van der Waals surface area contributed by atoms with Crippen molar-refractivity contribution in [2.24, 2.45) is 7.05 Å². The van der Waals surface area contributed by atoms with Crippen LogP contribution in [0.5, 0.6) is 0 Å². The number of aromatic nitrogens is 2. The van der Waals surface area contributed by atoms with E-state index in [2.05, 4.69) is 15.1 Å². The molecule has 0 spiro atoms. The van der Waals surface area contributed by atoms with Gasteiger partial charge in [0.05, 0.1) is 5.60 Å². The summed E-state index contributed by atoms with van der Waals surface area (Å²) in [6, 6.07) is 7.12. The molecule has 0 bridgehead atoms. The minimum Gasteiger partial charge on any atom is -0.389 e. The van der Waals surface area contributed by atoms with E-state index in [9.17, 15) is 23.1 Å². The van der Waals surface area contributed by atoms with E-state index in [1.807, 2.05) is 12.1 Å². The van der Waals surface area contributed by atoms with Gasteiger partial charge in [-0.25, -0.2) is 13.1 Å². The second-order valence-electron chi connectivity index (χ2n) is 9.91. The van der Waals surface area contributed by atoms with E-state index < -0.39 is 20.4 Å². The number of aliphatic hydroxyl groups is 1. The molecule has 1 saturated carbocycles. The Morgan fingerprint density at radius 3 is 2.51 bits per heavy atom. The lowest BCUT2D eigenvalue weighted by molar-refractivity contribution is 0.0721. The lowest BCUT2D eigenvalue weighted by Gasteiger charge is -2.31. The monoisotopic (exact) mass is 523 g/mol. The van der Waals surface area contributed by atoms with Crippen molar-refractivity contribution in [2.45, 2.75) is 50.0 Å². The van der Waals surface area contributed by atoms with Gasteiger partial charge in [-0.2, -0.15) is 5.10 Å². The average molecular weight is 524 g/mol. The Bertz CT molecular complexity index is 1250. The molecule has 4 rings (SSSR count). The highest BCUT2D eigenvalue weighted by molar-refractivity contribution is 7.91. The maximum Gasteiger partial charge on any atom is 0.272 e. The van der Waals surface area contributed by atoms with Gasteiger partial charge in [-0.3, -0.25) is 14.3 Å². The van der Waals surface area contributed by atoms with Gasteiger partial charge in [0.1, 0.15) is 10.4 Å². The topological polar surface area (TPSA) is 134 Å². The molecular formula is C23H30ClN5O5S. The maximum absolute atomic E-state index is 13.3. The van der Waals surface area contributed by atoms with Crippen LogP contribution in [0.4, 0.5) is 0 Å². The molecule has 3 N–H and O–H groups in total. The number of nitrogens with zero attached hydrogens (tertiary/aromatic N) is 3. The molecule has 1 aromatic carbocycles. The number of rotatable bonds is 9. The number of amides is 2. The summed E-state index contributed by atoms with van der Waals surface area (Å²) >= 11 is 5.90. The summed E-state index contributed by atoms with van der Waals surface area (Å²) in [7, 11) is -2.13. The SMILES string of the molecule is Cn1nc(C(=O)NCc2ccc(Cl)cc2)c2c1C(=O)N(CC1(S(=O)(=O)NCC(C)(C)O)CC1)CC2. The van der Waals surface area contributed by atoms with Gasteiger partial charge in [0.2, 0.25) is 10.0 Å². The standard InChI is InChI=1S/C23H30ClN5O5S/c1-22(2,32)13-26-35(33,34)23(9-10-23)14-29-11-8-17-18(27-28(3)19(17)21(29)31)20(30)25-12-15-4-6-16(24)7-5-15/h4-7,26,32H,8-14H2,1-3H3,(H,25,30). The Hall–Kier alpha value is -2.47. The van der Waals surface area contributed by atoms with Crippen molar-refractivity contribution in [3.63, 3.8) is 0 Å². The largest absolute Gasteiger partial charge is 0.389 e. The summed E-state index contributed by atoms with van der Waals surface area (Å²) in [5.74, 6) is -0.725. The first-order chi connectivity index (χ1) is 16.3. The number of carbonyl (C=O) groups excluding carboxylic acids is 2. The Kier molecular flexibility index (Phi) is 6.73. The van der Waals surface area contributed by atoms with Crippen LogP contribution in [0.3, 0.4) is 0 Å². The molecule has 1 aliphatic heterocycles. The molecule has 2 heterocycles. The number of hydrogen-bond acceptors (Lipinski definition) is 6. The van der Waals surface area contributed by atoms with Gasteiger partial charge in [-0.1, -0.05) is 23.7 Å². The molecule has 2 amide bonds. The zero-order valence-electron chi connectivity index (χ0n) is 20.0. The number of hydrogen-bond donors (Lipinski definition) is 3. The summed E-state index contributed by atoms with van der Waals surface area (Å²) in [5, 5.41) is 17.6. The van der Waals surface area contributed by atoms with Gasteiger partial charge in [-0.05, 0) is 50.8 Å². The number of halogens is 1. The first-order valence-corrected chi connectivity index (χ1v) is 13.3. The Balaban J connectivity index is 1.46. The number of benzene rings is 1. The number of aryl methyl sites for hydroxylation is 1. The van der Waals surface area contributed by atoms with Crippen molar-refractivity contribution < 1.29 is 23.1 Å². The first kappa shape index (κ1) is 25.6. The van der Waals surface area contributed by atoms with Crippen LogP contribution in [0.2, 0.25) is 5.02 Å². The fourth-order valence-corrected chi connectivity index (χ4v) is 6.14. The van der Waals surface area contributed by atoms with Crippen LogP contribution in [-0.4, -0.2) is 70.0 Å². The number of fused-ring (bicyclic) bond motifs is 1. The third-order valence-electron chi connectivity index (χ3n) is 6.40. The van der Waals surface area contributed by atoms with Crippen molar-refractivity contribution in [3.8, 4) is 0 Å². The van der Waals surface area contributed by atoms with Crippen molar-refractivity contribution in [1.29, 1.82) is 0 Å². The van der Waals surface area contributed by atoms with Crippen LogP contribution in [0.1, 0.15) is 58.8 Å². The van der Waals surface area contributed by atoms with Crippen LogP contribution in [-0.2, 0) is 30.0 Å². The number of sulfonamides is 1. The Morgan fingerprint density at radius 2 is 1.91 bits per heavy atom. The second-order valence-corrected chi connectivity index (χ2v) is 12.5. The lowest BCUT2D eigenvalue weighted by atomic mass is 10.0. The predicted molar refractivity (Wildman–Crippen MR) is 131 cm³/mol. The van der Waals surface area contributed by atoms with Crippen molar-refractivity contribution in [3.05, 3.63) is 51.8 Å². The van der Waals surface area contributed by atoms with E-state index >= 15 is 0 Å². The normalized spacial score (nSPS) is 17.3. The highest BCUT2D eigenvalue weighted by atomic mass is 35.5. The zero-order chi connectivity index (χ0) is 25.6. The second kappa shape index (κ2) is 9.20. The highest BCUT2D eigenvalue weighted by Crippen LogP contribution is 2.44. The molecule has 10 nitrogen and oxygen atoms in total. The fraction of sp³-hybridized carbons (Fsp3) is 0.522. The summed E-state index contributed by atoms with van der Waals surface area (Å²) in [4.78, 5) is 27.7. The quantitative estimate of drug-likeness (QED) is 0.452. The molecule has 2 aliphatic rings.